The van der Waals surface area contributed by atoms with Crippen LogP contribution in [0.5, 0.6) is 0 Å². The van der Waals surface area contributed by atoms with Crippen LogP contribution in [0.1, 0.15) is 40.3 Å². The smallest absolute Gasteiger partial charge is 0.281 e. The Balaban J connectivity index is 1.73. The zero-order valence-electron chi connectivity index (χ0n) is 19.2. The number of sulfonamides is 1. The molecule has 172 valence electrons. The fourth-order valence-corrected chi connectivity index (χ4v) is 5.68. The summed E-state index contributed by atoms with van der Waals surface area (Å²) in [6.07, 6.45) is 0. The van der Waals surface area contributed by atoms with Gasteiger partial charge in [-0.1, -0.05) is 48.0 Å². The Bertz CT molecular complexity index is 1330. The third kappa shape index (κ3) is 4.12. The molecule has 3 N–H and O–H groups in total. The van der Waals surface area contributed by atoms with Gasteiger partial charge in [0.15, 0.2) is 5.03 Å². The van der Waals surface area contributed by atoms with Crippen molar-refractivity contribution in [3.63, 3.8) is 0 Å². The van der Waals surface area contributed by atoms with Crippen LogP contribution < -0.4 is 10.5 Å². The van der Waals surface area contributed by atoms with E-state index in [0.29, 0.717) is 13.1 Å². The van der Waals surface area contributed by atoms with Crippen molar-refractivity contribution < 1.29 is 13.2 Å². The Kier molecular flexibility index (Phi) is 5.76. The molecule has 0 saturated heterocycles. The number of pyridine rings is 1. The maximum absolute atomic E-state index is 13.6. The number of nitrogens with two attached hydrogens (primary N) is 1. The van der Waals surface area contributed by atoms with Gasteiger partial charge in [0.25, 0.3) is 15.9 Å². The van der Waals surface area contributed by atoms with Crippen LogP contribution in [-0.2, 0) is 33.4 Å². The Morgan fingerprint density at radius 3 is 2.42 bits per heavy atom. The number of rotatable bonds is 5. The third-order valence-electron chi connectivity index (χ3n) is 6.41. The van der Waals surface area contributed by atoms with Gasteiger partial charge in [0.05, 0.1) is 0 Å². The molecule has 0 fully saturated rings. The minimum atomic E-state index is -4.20. The summed E-state index contributed by atoms with van der Waals surface area (Å²) in [5.41, 5.74) is 10.8. The van der Waals surface area contributed by atoms with E-state index in [0.717, 1.165) is 27.8 Å². The molecule has 0 radical (unpaired) electrons. The highest BCUT2D eigenvalue weighted by molar-refractivity contribution is 7.90. The molecule has 1 amide bonds. The summed E-state index contributed by atoms with van der Waals surface area (Å²) in [7, 11) is -4.20. The predicted molar refractivity (Wildman–Crippen MR) is 128 cm³/mol. The zero-order chi connectivity index (χ0) is 24.0. The maximum Gasteiger partial charge on any atom is 0.281 e. The second-order valence-electron chi connectivity index (χ2n) is 8.80. The molecule has 3 aromatic rings. The van der Waals surface area contributed by atoms with Crippen LogP contribution >= 0.6 is 0 Å². The highest BCUT2D eigenvalue weighted by Gasteiger charge is 2.48. The number of aromatic nitrogens is 1. The van der Waals surface area contributed by atoms with Gasteiger partial charge in [-0.3, -0.25) is 9.69 Å². The maximum atomic E-state index is 13.6. The summed E-state index contributed by atoms with van der Waals surface area (Å²) >= 11 is 0. The first-order chi connectivity index (χ1) is 15.5. The average molecular weight is 465 g/mol. The van der Waals surface area contributed by atoms with E-state index in [1.54, 1.807) is 6.92 Å². The summed E-state index contributed by atoms with van der Waals surface area (Å²) in [5, 5.41) is -0.289. The van der Waals surface area contributed by atoms with Crippen molar-refractivity contribution in [2.45, 2.75) is 51.3 Å². The lowest BCUT2D eigenvalue weighted by Crippen LogP contribution is -2.52. The van der Waals surface area contributed by atoms with Gasteiger partial charge in [-0.15, -0.1) is 0 Å². The van der Waals surface area contributed by atoms with Crippen molar-refractivity contribution in [3.05, 3.63) is 88.0 Å². The number of aryl methyl sites for hydroxylation is 3. The summed E-state index contributed by atoms with van der Waals surface area (Å²) in [4.78, 5) is 19.5. The minimum absolute atomic E-state index is 0.0645. The summed E-state index contributed by atoms with van der Waals surface area (Å²) < 4.78 is 28.1. The molecule has 7 nitrogen and oxygen atoms in total. The van der Waals surface area contributed by atoms with Gasteiger partial charge in [-0.2, -0.15) is 8.42 Å². The fraction of sp³-hybridized carbons (Fsp3) is 0.280. The van der Waals surface area contributed by atoms with E-state index in [1.807, 2.05) is 29.2 Å². The Morgan fingerprint density at radius 1 is 1.09 bits per heavy atom. The van der Waals surface area contributed by atoms with Crippen LogP contribution in [0.15, 0.2) is 59.6 Å². The first-order valence-corrected chi connectivity index (χ1v) is 12.2. The van der Waals surface area contributed by atoms with Crippen LogP contribution in [0.4, 0.5) is 5.82 Å². The molecule has 1 atom stereocenters. The van der Waals surface area contributed by atoms with Gasteiger partial charge in [0.2, 0.25) is 0 Å². The molecular weight excluding hydrogens is 436 g/mol. The van der Waals surface area contributed by atoms with E-state index in [4.69, 9.17) is 5.73 Å². The third-order valence-corrected chi connectivity index (χ3v) is 7.65. The van der Waals surface area contributed by atoms with Gasteiger partial charge >= 0.3 is 0 Å². The Hall–Kier alpha value is -3.23. The quantitative estimate of drug-likeness (QED) is 0.600. The topological polar surface area (TPSA) is 105 Å². The number of hydrogen-bond acceptors (Lipinski definition) is 6. The minimum Gasteiger partial charge on any atom is -0.384 e. The molecule has 1 aliphatic heterocycles. The van der Waals surface area contributed by atoms with Crippen LogP contribution in [0, 0.1) is 20.8 Å². The van der Waals surface area contributed by atoms with E-state index >= 15 is 0 Å². The van der Waals surface area contributed by atoms with Gasteiger partial charge in [0.1, 0.15) is 11.4 Å². The molecule has 1 aromatic heterocycles. The van der Waals surface area contributed by atoms with E-state index in [9.17, 15) is 13.2 Å². The standard InChI is InChI=1S/C25H28N4O3S/c1-16-12-17(2)20(18(3)13-16)15-29-14-19-8-5-6-9-21(19)25(29,4)24(30)28-33(31,32)23-11-7-10-22(26)27-23/h5-13H,14-15H2,1-4H3,(H2,26,27)(H,28,30). The Morgan fingerprint density at radius 2 is 1.76 bits per heavy atom. The molecule has 1 unspecified atom stereocenters. The Labute approximate surface area is 194 Å². The molecule has 0 saturated carbocycles. The van der Waals surface area contributed by atoms with E-state index in [-0.39, 0.29) is 10.8 Å². The van der Waals surface area contributed by atoms with Crippen LogP contribution in [0.25, 0.3) is 0 Å². The molecule has 4 rings (SSSR count). The lowest BCUT2D eigenvalue weighted by Gasteiger charge is -2.35. The van der Waals surface area contributed by atoms with Crippen LogP contribution in [0.2, 0.25) is 0 Å². The molecule has 33 heavy (non-hydrogen) atoms. The molecule has 2 aromatic carbocycles. The molecule has 2 heterocycles. The number of nitrogen functional groups attached to an aromatic ring is 1. The predicted octanol–water partition coefficient (Wildman–Crippen LogP) is 3.33. The molecule has 0 aliphatic carbocycles. The molecule has 1 aliphatic rings. The number of hydrogen-bond donors (Lipinski definition) is 2. The fourth-order valence-electron chi connectivity index (χ4n) is 4.65. The average Bonchev–Trinajstić information content (AvgIpc) is 3.03. The van der Waals surface area contributed by atoms with Crippen molar-refractivity contribution in [3.8, 4) is 0 Å². The number of nitrogens with zero attached hydrogens (tertiary/aromatic N) is 2. The van der Waals surface area contributed by atoms with Crippen molar-refractivity contribution in [2.24, 2.45) is 0 Å². The van der Waals surface area contributed by atoms with Crippen molar-refractivity contribution >= 4 is 21.7 Å². The van der Waals surface area contributed by atoms with Crippen LogP contribution in [-0.4, -0.2) is 24.2 Å². The van der Waals surface area contributed by atoms with Crippen molar-refractivity contribution in [1.29, 1.82) is 0 Å². The van der Waals surface area contributed by atoms with Gasteiger partial charge in [-0.05, 0) is 67.6 Å². The van der Waals surface area contributed by atoms with E-state index < -0.39 is 21.5 Å². The van der Waals surface area contributed by atoms with E-state index in [1.165, 1.54) is 23.8 Å². The molecular formula is C25H28N4O3S. The number of nitrogens with one attached hydrogen (secondary N) is 1. The summed E-state index contributed by atoms with van der Waals surface area (Å²) in [6, 6.07) is 16.2. The summed E-state index contributed by atoms with van der Waals surface area (Å²) in [6.45, 7) is 8.99. The first kappa shape index (κ1) is 22.9. The summed E-state index contributed by atoms with van der Waals surface area (Å²) in [5.74, 6) is -0.561. The number of amides is 1. The largest absolute Gasteiger partial charge is 0.384 e. The number of benzene rings is 2. The van der Waals surface area contributed by atoms with E-state index in [2.05, 4.69) is 42.6 Å². The number of carbonyl (C=O) groups excluding carboxylic acids is 1. The monoisotopic (exact) mass is 464 g/mol. The van der Waals surface area contributed by atoms with Crippen molar-refractivity contribution in [1.82, 2.24) is 14.6 Å². The lowest BCUT2D eigenvalue weighted by atomic mass is 9.90. The van der Waals surface area contributed by atoms with Crippen molar-refractivity contribution in [2.75, 3.05) is 5.73 Å². The second kappa shape index (κ2) is 8.28. The van der Waals surface area contributed by atoms with Gasteiger partial charge in [0, 0.05) is 13.1 Å². The SMILES string of the molecule is Cc1cc(C)c(CN2Cc3ccccc3C2(C)C(=O)NS(=O)(=O)c2cccc(N)n2)c(C)c1. The number of anilines is 1. The number of fused-ring (bicyclic) bond motifs is 1. The highest BCUT2D eigenvalue weighted by atomic mass is 32.2. The lowest BCUT2D eigenvalue weighted by molar-refractivity contribution is -0.131. The first-order valence-electron chi connectivity index (χ1n) is 10.7. The normalized spacial score (nSPS) is 18.2. The zero-order valence-corrected chi connectivity index (χ0v) is 20.0. The highest BCUT2D eigenvalue weighted by Crippen LogP contribution is 2.41. The van der Waals surface area contributed by atoms with Gasteiger partial charge < -0.3 is 5.73 Å². The number of carbonyl (C=O) groups is 1. The molecule has 0 bridgehead atoms. The second-order valence-corrected chi connectivity index (χ2v) is 10.4. The molecule has 0 spiro atoms. The molecule has 8 heteroatoms. The van der Waals surface area contributed by atoms with Crippen LogP contribution in [0.3, 0.4) is 0 Å². The van der Waals surface area contributed by atoms with Gasteiger partial charge in [-0.25, -0.2) is 9.71 Å².